The third-order valence-electron chi connectivity index (χ3n) is 2.07. The molecule has 0 saturated heterocycles. The molecule has 0 aliphatic carbocycles. The highest BCUT2D eigenvalue weighted by Crippen LogP contribution is 2.19. The number of methoxy groups -OCH3 is 1. The van der Waals surface area contributed by atoms with Crippen LogP contribution in [0.15, 0.2) is 24.3 Å². The summed E-state index contributed by atoms with van der Waals surface area (Å²) in [5.74, 6) is -1.87. The van der Waals surface area contributed by atoms with Gasteiger partial charge in [0.1, 0.15) is 11.3 Å². The first-order valence-corrected chi connectivity index (χ1v) is 4.84. The molecule has 0 fully saturated rings. The zero-order valence-corrected chi connectivity index (χ0v) is 9.21. The molecule has 0 radical (unpaired) electrons. The van der Waals surface area contributed by atoms with Crippen LogP contribution >= 0.6 is 0 Å². The van der Waals surface area contributed by atoms with Crippen molar-refractivity contribution in [3.8, 4) is 5.75 Å². The van der Waals surface area contributed by atoms with Gasteiger partial charge in [0.05, 0.1) is 13.5 Å². The van der Waals surface area contributed by atoms with Crippen molar-refractivity contribution >= 4 is 18.0 Å². The van der Waals surface area contributed by atoms with Crippen LogP contribution in [0.1, 0.15) is 22.3 Å². The lowest BCUT2D eigenvalue weighted by molar-refractivity contribution is -0.139. The molecule has 1 aromatic carbocycles. The number of carboxylic acids is 1. The van der Waals surface area contributed by atoms with Crippen LogP contribution in [0, 0.1) is 0 Å². The number of benzene rings is 1. The highest BCUT2D eigenvalue weighted by Gasteiger charge is 2.08. The van der Waals surface area contributed by atoms with E-state index in [1.165, 1.54) is 19.2 Å². The van der Waals surface area contributed by atoms with E-state index in [1.807, 2.05) is 0 Å². The van der Waals surface area contributed by atoms with Gasteiger partial charge in [0.15, 0.2) is 0 Å². The van der Waals surface area contributed by atoms with E-state index in [0.29, 0.717) is 5.56 Å². The molecule has 1 rings (SSSR count). The van der Waals surface area contributed by atoms with Gasteiger partial charge in [-0.3, -0.25) is 4.79 Å². The zero-order valence-electron chi connectivity index (χ0n) is 9.21. The number of ether oxygens (including phenoxy) is 1. The Kier molecular flexibility index (Phi) is 4.28. The molecular formula is C12H12O5. The molecule has 1 aromatic rings. The van der Waals surface area contributed by atoms with Gasteiger partial charge in [0, 0.05) is 0 Å². The van der Waals surface area contributed by atoms with Crippen LogP contribution in [0.4, 0.5) is 0 Å². The Morgan fingerprint density at radius 3 is 2.71 bits per heavy atom. The lowest BCUT2D eigenvalue weighted by Crippen LogP contribution is -1.97. The van der Waals surface area contributed by atoms with Crippen LogP contribution in [0.3, 0.4) is 0 Å². The fourth-order valence-corrected chi connectivity index (χ4v) is 1.20. The Morgan fingerprint density at radius 1 is 1.41 bits per heavy atom. The number of aromatic carboxylic acids is 1. The van der Waals surface area contributed by atoms with E-state index in [-0.39, 0.29) is 23.7 Å². The lowest BCUT2D eigenvalue weighted by atomic mass is 10.1. The van der Waals surface area contributed by atoms with E-state index < -0.39 is 5.97 Å². The van der Waals surface area contributed by atoms with Crippen molar-refractivity contribution < 1.29 is 24.5 Å². The van der Waals surface area contributed by atoms with Crippen LogP contribution in [-0.4, -0.2) is 29.3 Å². The number of carbonyl (C=O) groups is 2. The number of hydrogen-bond donors (Lipinski definition) is 2. The maximum atomic E-state index is 10.8. The Morgan fingerprint density at radius 2 is 2.12 bits per heavy atom. The first kappa shape index (κ1) is 12.8. The van der Waals surface area contributed by atoms with Gasteiger partial charge in [-0.15, -0.1) is 0 Å². The van der Waals surface area contributed by atoms with Crippen LogP contribution in [-0.2, 0) is 9.53 Å². The first-order valence-electron chi connectivity index (χ1n) is 4.84. The van der Waals surface area contributed by atoms with Crippen molar-refractivity contribution in [1.82, 2.24) is 0 Å². The van der Waals surface area contributed by atoms with Crippen LogP contribution in [0.2, 0.25) is 0 Å². The number of carbonyl (C=O) groups excluding carboxylic acids is 1. The van der Waals surface area contributed by atoms with E-state index in [2.05, 4.69) is 4.74 Å². The van der Waals surface area contributed by atoms with Gasteiger partial charge < -0.3 is 14.9 Å². The van der Waals surface area contributed by atoms with Gasteiger partial charge in [0.2, 0.25) is 0 Å². The van der Waals surface area contributed by atoms with Gasteiger partial charge in [-0.25, -0.2) is 4.79 Å². The first-order chi connectivity index (χ1) is 8.04. The minimum absolute atomic E-state index is 0.111. The molecular weight excluding hydrogens is 224 g/mol. The molecule has 0 heterocycles. The van der Waals surface area contributed by atoms with E-state index >= 15 is 0 Å². The van der Waals surface area contributed by atoms with Crippen molar-refractivity contribution in [2.24, 2.45) is 0 Å². The normalized spacial score (nSPS) is 10.4. The van der Waals surface area contributed by atoms with Gasteiger partial charge in [0.25, 0.3) is 0 Å². The third-order valence-corrected chi connectivity index (χ3v) is 2.07. The number of phenols is 1. The second-order valence-corrected chi connectivity index (χ2v) is 3.26. The van der Waals surface area contributed by atoms with Crippen molar-refractivity contribution in [2.75, 3.05) is 7.11 Å². The van der Waals surface area contributed by atoms with E-state index in [1.54, 1.807) is 18.2 Å². The van der Waals surface area contributed by atoms with E-state index in [4.69, 9.17) is 5.11 Å². The average molecular weight is 236 g/mol. The average Bonchev–Trinajstić information content (AvgIpc) is 2.30. The molecule has 0 atom stereocenters. The minimum atomic E-state index is -1.20. The standard InChI is InChI=1S/C12H12O5/c1-17-11(14)4-2-3-8-5-6-10(13)9(7-8)12(15)16/h2-3,5-7,13H,4H2,1H3,(H,15,16). The second-order valence-electron chi connectivity index (χ2n) is 3.26. The fourth-order valence-electron chi connectivity index (χ4n) is 1.20. The Bertz CT molecular complexity index is 462. The van der Waals surface area contributed by atoms with E-state index in [0.717, 1.165) is 0 Å². The van der Waals surface area contributed by atoms with Crippen LogP contribution < -0.4 is 0 Å². The summed E-state index contributed by atoms with van der Waals surface area (Å²) < 4.78 is 4.44. The molecule has 0 amide bonds. The lowest BCUT2D eigenvalue weighted by Gasteiger charge is -2.00. The number of hydrogen-bond acceptors (Lipinski definition) is 4. The van der Waals surface area contributed by atoms with Gasteiger partial charge in [-0.1, -0.05) is 18.2 Å². The summed E-state index contributed by atoms with van der Waals surface area (Å²) in [6, 6.07) is 4.17. The summed E-state index contributed by atoms with van der Waals surface area (Å²) in [6.45, 7) is 0. The van der Waals surface area contributed by atoms with Crippen molar-refractivity contribution in [3.63, 3.8) is 0 Å². The molecule has 5 heteroatoms. The Hall–Kier alpha value is -2.30. The van der Waals surface area contributed by atoms with Gasteiger partial charge in [-0.2, -0.15) is 0 Å². The van der Waals surface area contributed by atoms with Crippen LogP contribution in [0.25, 0.3) is 6.08 Å². The highest BCUT2D eigenvalue weighted by atomic mass is 16.5. The molecule has 0 unspecified atom stereocenters. The third kappa shape index (κ3) is 3.64. The fraction of sp³-hybridized carbons (Fsp3) is 0.167. The summed E-state index contributed by atoms with van der Waals surface area (Å²) in [7, 11) is 1.29. The van der Waals surface area contributed by atoms with Gasteiger partial charge in [-0.05, 0) is 17.7 Å². The van der Waals surface area contributed by atoms with Crippen molar-refractivity contribution in [3.05, 3.63) is 35.4 Å². The number of carboxylic acid groups (broad SMARTS) is 1. The molecule has 17 heavy (non-hydrogen) atoms. The number of rotatable bonds is 4. The predicted octanol–water partition coefficient (Wildman–Crippen LogP) is 1.67. The quantitative estimate of drug-likeness (QED) is 0.777. The second kappa shape index (κ2) is 5.69. The summed E-state index contributed by atoms with van der Waals surface area (Å²) >= 11 is 0. The smallest absolute Gasteiger partial charge is 0.339 e. The summed E-state index contributed by atoms with van der Waals surface area (Å²) in [4.78, 5) is 21.6. The molecule has 0 bridgehead atoms. The SMILES string of the molecule is COC(=O)CC=Cc1ccc(O)c(C(=O)O)c1. The molecule has 0 saturated carbocycles. The molecule has 0 aliphatic rings. The molecule has 0 aromatic heterocycles. The van der Waals surface area contributed by atoms with E-state index in [9.17, 15) is 14.7 Å². The zero-order chi connectivity index (χ0) is 12.8. The largest absolute Gasteiger partial charge is 0.507 e. The van der Waals surface area contributed by atoms with Crippen molar-refractivity contribution in [2.45, 2.75) is 6.42 Å². The van der Waals surface area contributed by atoms with Crippen LogP contribution in [0.5, 0.6) is 5.75 Å². The summed E-state index contributed by atoms with van der Waals surface area (Å²) in [5.41, 5.74) is 0.411. The Labute approximate surface area is 98.0 Å². The molecule has 2 N–H and O–H groups in total. The number of esters is 1. The molecule has 90 valence electrons. The number of aromatic hydroxyl groups is 1. The summed E-state index contributed by atoms with van der Waals surface area (Å²) in [6.07, 6.45) is 3.26. The monoisotopic (exact) mass is 236 g/mol. The molecule has 0 spiro atoms. The van der Waals surface area contributed by atoms with Crippen molar-refractivity contribution in [1.29, 1.82) is 0 Å². The summed E-state index contributed by atoms with van der Waals surface area (Å²) in [5, 5.41) is 18.1. The topological polar surface area (TPSA) is 83.8 Å². The molecule has 5 nitrogen and oxygen atoms in total. The Balaban J connectivity index is 2.82. The van der Waals surface area contributed by atoms with Gasteiger partial charge >= 0.3 is 11.9 Å². The predicted molar refractivity (Wildman–Crippen MR) is 60.7 cm³/mol. The maximum absolute atomic E-state index is 10.8. The maximum Gasteiger partial charge on any atom is 0.339 e. The molecule has 0 aliphatic heterocycles. The highest BCUT2D eigenvalue weighted by molar-refractivity contribution is 5.91. The minimum Gasteiger partial charge on any atom is -0.507 e.